The number of aromatic amines is 1. The number of nitrogens with one attached hydrogen (secondary N) is 1. The minimum absolute atomic E-state index is 0.0708. The largest absolute Gasteiger partial charge is 0.489 e. The quantitative estimate of drug-likeness (QED) is 0.0542. The lowest BCUT2D eigenvalue weighted by Gasteiger charge is -2.38. The average Bonchev–Trinajstić information content (AvgIpc) is 3.94. The summed E-state index contributed by atoms with van der Waals surface area (Å²) in [6.07, 6.45) is 4.69. The smallest absolute Gasteiger partial charge is 0.255 e. The van der Waals surface area contributed by atoms with Crippen molar-refractivity contribution in [2.24, 2.45) is 0 Å². The highest BCUT2D eigenvalue weighted by molar-refractivity contribution is 7.98. The lowest BCUT2D eigenvalue weighted by Crippen LogP contribution is -2.31. The highest BCUT2D eigenvalue weighted by atomic mass is 35.5. The second-order valence-corrected chi connectivity index (χ2v) is 20.3. The zero-order valence-electron chi connectivity index (χ0n) is 36.4. The molecule has 2 aromatic heterocycles. The summed E-state index contributed by atoms with van der Waals surface area (Å²) in [5, 5.41) is 11.8. The van der Waals surface area contributed by atoms with Gasteiger partial charge in [-0.3, -0.25) is 0 Å². The first-order chi connectivity index (χ1) is 30.9. The molecule has 6 aromatic rings. The van der Waals surface area contributed by atoms with E-state index >= 15 is 0 Å². The molecule has 0 amide bonds. The van der Waals surface area contributed by atoms with Crippen molar-refractivity contribution < 1.29 is 31.8 Å². The van der Waals surface area contributed by atoms with Gasteiger partial charge in [-0.05, 0) is 104 Å². The Morgan fingerprint density at radius 1 is 0.815 bits per heavy atom. The normalized spacial score (nSPS) is 13.9. The molecule has 0 aliphatic rings. The van der Waals surface area contributed by atoms with Crippen LogP contribution in [0.1, 0.15) is 84.7 Å². The summed E-state index contributed by atoms with van der Waals surface area (Å²) in [6, 6.07) is 25.0. The van der Waals surface area contributed by atoms with E-state index in [-0.39, 0.29) is 52.9 Å². The van der Waals surface area contributed by atoms with Gasteiger partial charge in [-0.25, -0.2) is 18.4 Å². The Bertz CT molecular complexity index is 2740. The maximum Gasteiger partial charge on any atom is 0.255 e. The molecule has 0 aliphatic heterocycles. The van der Waals surface area contributed by atoms with E-state index in [4.69, 9.17) is 81.4 Å². The number of aromatic nitrogens is 3. The molecule has 2 heterocycles. The van der Waals surface area contributed by atoms with Crippen molar-refractivity contribution in [1.29, 1.82) is 5.26 Å². The monoisotopic (exact) mass is 1020 g/mol. The van der Waals surface area contributed by atoms with Crippen molar-refractivity contribution >= 4 is 79.6 Å². The molecule has 0 saturated carbocycles. The molecule has 65 heavy (non-hydrogen) atoms. The third kappa shape index (κ3) is 11.5. The second-order valence-electron chi connectivity index (χ2n) is 15.6. The van der Waals surface area contributed by atoms with Crippen LogP contribution in [0.3, 0.4) is 0 Å². The highest BCUT2D eigenvalue weighted by Gasteiger charge is 2.37. The van der Waals surface area contributed by atoms with Crippen LogP contribution in [0.25, 0.3) is 0 Å². The number of aryl methyl sites for hydroxylation is 1. The summed E-state index contributed by atoms with van der Waals surface area (Å²) < 4.78 is 54.7. The van der Waals surface area contributed by atoms with E-state index in [0.717, 1.165) is 34.2 Å². The molecule has 18 heteroatoms. The number of nitriles is 1. The molecule has 1 N–H and O–H groups in total. The lowest BCUT2D eigenvalue weighted by atomic mass is 9.66. The van der Waals surface area contributed by atoms with E-state index in [2.05, 4.69) is 34.9 Å². The van der Waals surface area contributed by atoms with Gasteiger partial charge in [0.2, 0.25) is 0 Å². The topological polar surface area (TPSA) is 150 Å². The summed E-state index contributed by atoms with van der Waals surface area (Å²) in [5.41, 5.74) is 3.25. The molecule has 3 unspecified atom stereocenters. The van der Waals surface area contributed by atoms with E-state index in [1.165, 1.54) is 18.1 Å². The van der Waals surface area contributed by atoms with Crippen LogP contribution < -0.4 is 18.9 Å². The molecule has 0 radical (unpaired) electrons. The Balaban J connectivity index is 1.41. The molecule has 0 saturated heterocycles. The van der Waals surface area contributed by atoms with Crippen molar-refractivity contribution in [3.05, 3.63) is 139 Å². The van der Waals surface area contributed by atoms with Crippen molar-refractivity contribution in [2.45, 2.75) is 74.3 Å². The first kappa shape index (κ1) is 50.2. The zero-order valence-corrected chi connectivity index (χ0v) is 41.9. The number of alkyl halides is 2. The third-order valence-electron chi connectivity index (χ3n) is 11.3. The van der Waals surface area contributed by atoms with E-state index < -0.39 is 26.8 Å². The van der Waals surface area contributed by atoms with Crippen molar-refractivity contribution in [3.63, 3.8) is 0 Å². The molecule has 0 fully saturated rings. The zero-order chi connectivity index (χ0) is 47.1. The SMILES string of the molecule is CSc1nc(C)c(COc2ccc(C(C)(CCC(C)(c3ccc(OC(C)c4[nH]cnc4S(C)(=O)=O)cc3)c3cc(Cl)c(OCCCl)c(Cl)c3)c3cc(Cl)c(OCCCl)c(C#N)c3)cc2)o1. The predicted molar refractivity (Wildman–Crippen MR) is 258 cm³/mol. The molecule has 4 aromatic carbocycles. The number of thioether (sulfide) groups is 1. The van der Waals surface area contributed by atoms with Gasteiger partial charge in [0.15, 0.2) is 32.1 Å². The molecule has 6 rings (SSSR count). The number of nitrogens with zero attached hydrogens (tertiary/aromatic N) is 3. The highest BCUT2D eigenvalue weighted by Crippen LogP contribution is 2.48. The van der Waals surface area contributed by atoms with E-state index in [1.807, 2.05) is 86.0 Å². The van der Waals surface area contributed by atoms with Crippen LogP contribution in [0.2, 0.25) is 15.1 Å². The van der Waals surface area contributed by atoms with Crippen LogP contribution in [-0.4, -0.2) is 60.9 Å². The number of imidazole rings is 1. The number of sulfone groups is 1. The molecular formula is C47H47Cl5N4O7S2. The average molecular weight is 1020 g/mol. The van der Waals surface area contributed by atoms with E-state index in [1.54, 1.807) is 6.92 Å². The Kier molecular flexibility index (Phi) is 16.7. The number of oxazole rings is 1. The third-order valence-corrected chi connectivity index (χ3v) is 14.0. The molecule has 3 atom stereocenters. The van der Waals surface area contributed by atoms with Crippen LogP contribution in [0.15, 0.2) is 93.8 Å². The molecular weight excluding hydrogens is 974 g/mol. The summed E-state index contributed by atoms with van der Waals surface area (Å²) in [7, 11) is -3.59. The molecule has 0 aliphatic carbocycles. The molecule has 11 nitrogen and oxygen atoms in total. The van der Waals surface area contributed by atoms with E-state index in [9.17, 15) is 13.7 Å². The van der Waals surface area contributed by atoms with Crippen molar-refractivity contribution in [1.82, 2.24) is 15.0 Å². The minimum atomic E-state index is -3.59. The van der Waals surface area contributed by atoms with Gasteiger partial charge >= 0.3 is 0 Å². The number of H-pyrrole nitrogens is 1. The van der Waals surface area contributed by atoms with Crippen LogP contribution in [0.5, 0.6) is 23.0 Å². The summed E-state index contributed by atoms with van der Waals surface area (Å²) in [6.45, 7) is 8.44. The minimum Gasteiger partial charge on any atom is -0.489 e. The van der Waals surface area contributed by atoms with Gasteiger partial charge in [-0.2, -0.15) is 5.26 Å². The fourth-order valence-electron chi connectivity index (χ4n) is 7.58. The van der Waals surface area contributed by atoms with Gasteiger partial charge < -0.3 is 28.3 Å². The summed E-state index contributed by atoms with van der Waals surface area (Å²) in [5.74, 6) is 2.83. The van der Waals surface area contributed by atoms with Gasteiger partial charge in [0.1, 0.15) is 43.5 Å². The van der Waals surface area contributed by atoms with Gasteiger partial charge in [0.05, 0.1) is 50.1 Å². The number of ether oxygens (including phenoxy) is 4. The predicted octanol–water partition coefficient (Wildman–Crippen LogP) is 12.7. The van der Waals surface area contributed by atoms with Gasteiger partial charge in [0.25, 0.3) is 5.22 Å². The molecule has 344 valence electrons. The number of halogens is 5. The second kappa shape index (κ2) is 21.6. The Morgan fingerprint density at radius 3 is 1.85 bits per heavy atom. The summed E-state index contributed by atoms with van der Waals surface area (Å²) >= 11 is 34.1. The van der Waals surface area contributed by atoms with E-state index in [0.29, 0.717) is 56.8 Å². The van der Waals surface area contributed by atoms with Crippen LogP contribution in [0.4, 0.5) is 0 Å². The fourth-order valence-corrected chi connectivity index (χ4v) is 9.89. The van der Waals surface area contributed by atoms with Crippen molar-refractivity contribution in [3.8, 4) is 29.1 Å². The van der Waals surface area contributed by atoms with Gasteiger partial charge in [0, 0.05) is 17.1 Å². The van der Waals surface area contributed by atoms with Crippen LogP contribution in [0, 0.1) is 18.3 Å². The lowest BCUT2D eigenvalue weighted by molar-refractivity contribution is 0.219. The number of hydrogen-bond donors (Lipinski definition) is 1. The number of benzene rings is 4. The first-order valence-corrected chi connectivity index (χ1v) is 25.6. The van der Waals surface area contributed by atoms with Gasteiger partial charge in [-0.1, -0.05) is 84.7 Å². The van der Waals surface area contributed by atoms with Crippen LogP contribution >= 0.6 is 69.8 Å². The fraction of sp³-hybridized carbons (Fsp3) is 0.340. The number of rotatable bonds is 21. The first-order valence-electron chi connectivity index (χ1n) is 20.3. The Labute approximate surface area is 408 Å². The standard InChI is InChI=1S/C47H47Cl5N4O7S2/c1-28-40(63-45(56-28)64-5)26-61-35-11-7-31(8-12-35)46(3,33-21-30(25-53)42(37(50)22-33)59-19-17-48)15-16-47(4,34-23-38(51)43(39(52)24-34)60-20-18-49)32-9-13-36(14-10-32)62-29(2)41-44(55-27-54-41)65(6,57)58/h7-14,21-24,27,29H,15-20,26H2,1-6H3,(H,54,55). The Hall–Kier alpha value is -4.26. The van der Waals surface area contributed by atoms with Crippen LogP contribution in [-0.2, 0) is 27.3 Å². The molecule has 0 bridgehead atoms. The Morgan fingerprint density at radius 2 is 1.34 bits per heavy atom. The number of hydrogen-bond acceptors (Lipinski definition) is 11. The van der Waals surface area contributed by atoms with Crippen molar-refractivity contribution in [2.75, 3.05) is 37.5 Å². The maximum atomic E-state index is 12.4. The summed E-state index contributed by atoms with van der Waals surface area (Å²) in [4.78, 5) is 11.3. The maximum absolute atomic E-state index is 12.4. The molecule has 0 spiro atoms. The van der Waals surface area contributed by atoms with Gasteiger partial charge in [-0.15, -0.1) is 23.2 Å².